The van der Waals surface area contributed by atoms with E-state index in [0.717, 1.165) is 12.1 Å². The smallest absolute Gasteiger partial charge is 0.370 e. The minimum atomic E-state index is -4.48. The van der Waals surface area contributed by atoms with E-state index >= 15 is 0 Å². The van der Waals surface area contributed by atoms with Crippen LogP contribution >= 0.6 is 0 Å². The number of aliphatic imine (C=N–C) groups is 2. The van der Waals surface area contributed by atoms with Crippen LogP contribution in [-0.2, 0) is 16.6 Å². The highest BCUT2D eigenvalue weighted by atomic mass is 19.4. The molecule has 0 saturated carbocycles. The van der Waals surface area contributed by atoms with Crippen LogP contribution in [0.3, 0.4) is 0 Å². The monoisotopic (exact) mass is 388 g/mol. The molecule has 0 fully saturated rings. The third-order valence-electron chi connectivity index (χ3n) is 4.50. The normalized spacial score (nSPS) is 21.1. The third-order valence-corrected chi connectivity index (χ3v) is 4.50. The highest BCUT2D eigenvalue weighted by molar-refractivity contribution is 6.14. The highest BCUT2D eigenvalue weighted by Crippen LogP contribution is 2.44. The summed E-state index contributed by atoms with van der Waals surface area (Å²) in [4.78, 5) is 22.9. The number of amides is 1. The molecule has 2 aliphatic rings. The van der Waals surface area contributed by atoms with Crippen LogP contribution in [0, 0.1) is 0 Å². The molecule has 2 aromatic carbocycles. The number of alkyl halides is 3. The van der Waals surface area contributed by atoms with E-state index in [9.17, 15) is 18.0 Å². The van der Waals surface area contributed by atoms with Crippen molar-refractivity contribution in [1.29, 1.82) is 0 Å². The molecule has 4 N–H and O–H groups in total. The van der Waals surface area contributed by atoms with Crippen LogP contribution in [0.5, 0.6) is 0 Å². The molecule has 7 nitrogen and oxygen atoms in total. The van der Waals surface area contributed by atoms with Crippen molar-refractivity contribution in [3.05, 3.63) is 59.7 Å². The lowest BCUT2D eigenvalue weighted by Crippen LogP contribution is -2.50. The van der Waals surface area contributed by atoms with Gasteiger partial charge in [0.05, 0.1) is 11.3 Å². The van der Waals surface area contributed by atoms with Gasteiger partial charge in [0.2, 0.25) is 5.96 Å². The summed E-state index contributed by atoms with van der Waals surface area (Å²) in [5, 5.41) is 5.40. The number of nitrogens with one attached hydrogen (secondary N) is 2. The number of likely N-dealkylation sites (N-methyl/N-ethyl adjacent to an activating group) is 1. The van der Waals surface area contributed by atoms with E-state index in [-0.39, 0.29) is 17.6 Å². The number of carbonyl (C=O) groups is 1. The van der Waals surface area contributed by atoms with Gasteiger partial charge >= 0.3 is 6.18 Å². The van der Waals surface area contributed by atoms with Crippen LogP contribution in [0.25, 0.3) is 0 Å². The lowest BCUT2D eigenvalue weighted by atomic mass is 10.0. The molecular formula is C18H15F3N6O. The largest absolute Gasteiger partial charge is 0.416 e. The van der Waals surface area contributed by atoms with Gasteiger partial charge in [-0.25, -0.2) is 9.98 Å². The summed E-state index contributed by atoms with van der Waals surface area (Å²) >= 11 is 0. The van der Waals surface area contributed by atoms with Crippen molar-refractivity contribution in [2.75, 3.05) is 17.3 Å². The lowest BCUT2D eigenvalue weighted by Gasteiger charge is -2.26. The van der Waals surface area contributed by atoms with Gasteiger partial charge in [0.15, 0.2) is 5.96 Å². The van der Waals surface area contributed by atoms with Crippen molar-refractivity contribution < 1.29 is 18.0 Å². The lowest BCUT2D eigenvalue weighted by molar-refractivity contribution is -0.137. The molecule has 0 aromatic heterocycles. The second-order valence-corrected chi connectivity index (χ2v) is 6.34. The van der Waals surface area contributed by atoms with Gasteiger partial charge in [-0.15, -0.1) is 0 Å². The molecule has 1 amide bonds. The number of hydrogen-bond donors (Lipinski definition) is 3. The van der Waals surface area contributed by atoms with Gasteiger partial charge in [-0.3, -0.25) is 10.1 Å². The number of guanidine groups is 2. The van der Waals surface area contributed by atoms with Crippen molar-refractivity contribution in [2.45, 2.75) is 11.8 Å². The van der Waals surface area contributed by atoms with E-state index in [0.29, 0.717) is 11.3 Å². The third kappa shape index (κ3) is 2.73. The number of hydrogen-bond acceptors (Lipinski definition) is 6. The minimum Gasteiger partial charge on any atom is -0.370 e. The zero-order chi connectivity index (χ0) is 20.1. The van der Waals surface area contributed by atoms with Crippen LogP contribution in [-0.4, -0.2) is 24.9 Å². The first kappa shape index (κ1) is 17.8. The van der Waals surface area contributed by atoms with Gasteiger partial charge < -0.3 is 16.0 Å². The van der Waals surface area contributed by atoms with Crippen LogP contribution in [0.4, 0.5) is 24.5 Å². The van der Waals surface area contributed by atoms with Crippen LogP contribution in [0.2, 0.25) is 0 Å². The number of para-hydroxylation sites is 1. The number of fused-ring (bicyclic) bond motifs is 2. The standard InChI is InChI=1S/C18H15F3N6O/c1-27-13-8-3-2-7-12(13)17(14(27)28)25-15(22)24-16(26-17)23-11-6-4-5-10(9-11)18(19,20)21/h2-9H,1H3,(H4,22,23,24,25,26)/t17-/m1/s1. The van der Waals surface area contributed by atoms with Gasteiger partial charge in [0.25, 0.3) is 11.6 Å². The van der Waals surface area contributed by atoms with Crippen molar-refractivity contribution in [3.63, 3.8) is 0 Å². The molecule has 2 heterocycles. The Kier molecular flexibility index (Phi) is 3.81. The number of nitrogens with zero attached hydrogens (tertiary/aromatic N) is 3. The van der Waals surface area contributed by atoms with E-state index < -0.39 is 23.3 Å². The molecular weight excluding hydrogens is 373 g/mol. The molecule has 0 radical (unpaired) electrons. The SMILES string of the molecule is CN1C(=O)[C@@]2(N=C(N)NC(Nc3cccc(C(F)(F)F)c3)=N2)c2ccccc21. The number of carbonyl (C=O) groups excluding carboxylic acids is 1. The molecule has 0 bridgehead atoms. The second kappa shape index (κ2) is 5.98. The molecule has 144 valence electrons. The van der Waals surface area contributed by atoms with Gasteiger partial charge in [0.1, 0.15) is 0 Å². The van der Waals surface area contributed by atoms with Crippen LogP contribution in [0.15, 0.2) is 58.5 Å². The average Bonchev–Trinajstić information content (AvgIpc) is 2.83. The summed E-state index contributed by atoms with van der Waals surface area (Å²) in [5.74, 6) is -0.477. The first-order chi connectivity index (χ1) is 13.2. The Balaban J connectivity index is 1.75. The number of nitrogens with two attached hydrogens (primary N) is 1. The van der Waals surface area contributed by atoms with E-state index in [1.54, 1.807) is 31.3 Å². The molecule has 1 spiro atoms. The van der Waals surface area contributed by atoms with E-state index in [1.165, 1.54) is 17.0 Å². The first-order valence-corrected chi connectivity index (χ1v) is 8.25. The van der Waals surface area contributed by atoms with Gasteiger partial charge in [-0.1, -0.05) is 24.3 Å². The maximum Gasteiger partial charge on any atom is 0.416 e. The molecule has 1 atom stereocenters. The molecule has 2 aliphatic heterocycles. The Morgan fingerprint density at radius 2 is 1.89 bits per heavy atom. The molecule has 2 aromatic rings. The van der Waals surface area contributed by atoms with E-state index in [2.05, 4.69) is 20.6 Å². The van der Waals surface area contributed by atoms with Crippen molar-refractivity contribution in [1.82, 2.24) is 5.32 Å². The zero-order valence-electron chi connectivity index (χ0n) is 14.6. The maximum absolute atomic E-state index is 12.9. The van der Waals surface area contributed by atoms with Gasteiger partial charge in [-0.05, 0) is 24.3 Å². The van der Waals surface area contributed by atoms with Crippen LogP contribution in [0.1, 0.15) is 11.1 Å². The Morgan fingerprint density at radius 3 is 2.64 bits per heavy atom. The van der Waals surface area contributed by atoms with Crippen molar-refractivity contribution in [2.24, 2.45) is 15.7 Å². The summed E-state index contributed by atoms with van der Waals surface area (Å²) in [5.41, 5.74) is 4.74. The predicted octanol–water partition coefficient (Wildman–Crippen LogP) is 2.22. The zero-order valence-corrected chi connectivity index (χ0v) is 14.6. The minimum absolute atomic E-state index is 0.0188. The Bertz CT molecular complexity index is 1030. The molecule has 0 saturated heterocycles. The number of benzene rings is 2. The average molecular weight is 388 g/mol. The molecule has 10 heteroatoms. The van der Waals surface area contributed by atoms with Crippen molar-refractivity contribution in [3.8, 4) is 0 Å². The second-order valence-electron chi connectivity index (χ2n) is 6.34. The topological polar surface area (TPSA) is 95.1 Å². The number of halogens is 3. The highest BCUT2D eigenvalue weighted by Gasteiger charge is 2.52. The fraction of sp³-hybridized carbons (Fsp3) is 0.167. The van der Waals surface area contributed by atoms with E-state index in [4.69, 9.17) is 5.73 Å². The van der Waals surface area contributed by atoms with Gasteiger partial charge in [-0.2, -0.15) is 13.2 Å². The Hall–Kier alpha value is -3.56. The quantitative estimate of drug-likeness (QED) is 0.698. The fourth-order valence-electron chi connectivity index (χ4n) is 3.24. The molecule has 0 unspecified atom stereocenters. The summed E-state index contributed by atoms with van der Waals surface area (Å²) < 4.78 is 38.8. The summed E-state index contributed by atoms with van der Waals surface area (Å²) in [6, 6.07) is 11.6. The Labute approximate surface area is 157 Å². The van der Waals surface area contributed by atoms with Gasteiger partial charge in [0, 0.05) is 18.3 Å². The predicted molar refractivity (Wildman–Crippen MR) is 98.8 cm³/mol. The summed E-state index contributed by atoms with van der Waals surface area (Å²) in [6.45, 7) is 0. The Morgan fingerprint density at radius 1 is 1.14 bits per heavy atom. The number of rotatable bonds is 1. The summed E-state index contributed by atoms with van der Waals surface area (Å²) in [6.07, 6.45) is -4.48. The molecule has 4 rings (SSSR count). The van der Waals surface area contributed by atoms with E-state index in [1.807, 2.05) is 0 Å². The molecule has 28 heavy (non-hydrogen) atoms. The fourth-order valence-corrected chi connectivity index (χ4v) is 3.24. The van der Waals surface area contributed by atoms with Crippen LogP contribution < -0.4 is 21.3 Å². The maximum atomic E-state index is 12.9. The van der Waals surface area contributed by atoms with Crippen molar-refractivity contribution >= 4 is 29.2 Å². The number of anilines is 2. The first-order valence-electron chi connectivity index (χ1n) is 8.25. The summed E-state index contributed by atoms with van der Waals surface area (Å²) in [7, 11) is 1.60. The molecule has 0 aliphatic carbocycles.